The molecule has 28 heavy (non-hydrogen) atoms. The Labute approximate surface area is 165 Å². The monoisotopic (exact) mass is 402 g/mol. The third-order valence-corrected chi connectivity index (χ3v) is 5.63. The Morgan fingerprint density at radius 3 is 2.71 bits per heavy atom. The molecule has 6 nitrogen and oxygen atoms in total. The van der Waals surface area contributed by atoms with Crippen LogP contribution in [0.2, 0.25) is 0 Å². The maximum atomic E-state index is 13.3. The molecule has 0 amide bonds. The van der Waals surface area contributed by atoms with E-state index in [2.05, 4.69) is 4.98 Å². The van der Waals surface area contributed by atoms with Gasteiger partial charge in [0.2, 0.25) is 0 Å². The summed E-state index contributed by atoms with van der Waals surface area (Å²) in [7, 11) is 3.12. The molecule has 0 radical (unpaired) electrons. The Morgan fingerprint density at radius 1 is 1.18 bits per heavy atom. The highest BCUT2D eigenvalue weighted by atomic mass is 32.1. The molecule has 146 valence electrons. The van der Waals surface area contributed by atoms with Crippen molar-refractivity contribution in [2.75, 3.05) is 32.2 Å². The number of thiazole rings is 1. The van der Waals surface area contributed by atoms with Crippen molar-refractivity contribution in [3.05, 3.63) is 47.8 Å². The number of carbonyl (C=O) groups excluding carboxylic acids is 1. The first kappa shape index (κ1) is 18.5. The van der Waals surface area contributed by atoms with Gasteiger partial charge in [0.1, 0.15) is 11.9 Å². The minimum atomic E-state index is -0.289. The summed E-state index contributed by atoms with van der Waals surface area (Å²) < 4.78 is 30.1. The molecule has 1 aliphatic rings. The molecular weight excluding hydrogens is 383 g/mol. The van der Waals surface area contributed by atoms with Gasteiger partial charge in [0.25, 0.3) is 0 Å². The van der Waals surface area contributed by atoms with Crippen molar-refractivity contribution < 1.29 is 23.4 Å². The van der Waals surface area contributed by atoms with Crippen LogP contribution in [-0.4, -0.2) is 44.4 Å². The van der Waals surface area contributed by atoms with Gasteiger partial charge in [-0.1, -0.05) is 17.4 Å². The maximum Gasteiger partial charge on any atom is 0.310 e. The summed E-state index contributed by atoms with van der Waals surface area (Å²) in [6, 6.07) is 9.91. The van der Waals surface area contributed by atoms with Crippen molar-refractivity contribution in [3.8, 4) is 11.5 Å². The average Bonchev–Trinajstić information content (AvgIpc) is 3.06. The molecule has 2 heterocycles. The predicted molar refractivity (Wildman–Crippen MR) is 105 cm³/mol. The van der Waals surface area contributed by atoms with Crippen molar-refractivity contribution >= 4 is 32.7 Å². The first-order valence-electron chi connectivity index (χ1n) is 8.77. The standard InChI is InChI=1S/C20H19FN2O4S/c1-25-16-6-3-12(7-17(16)26-2)8-19(24)27-14-10-23(11-14)20-22-15-5-4-13(21)9-18(15)28-20/h3-7,9,14H,8,10-11H2,1-2H3. The van der Waals surface area contributed by atoms with Gasteiger partial charge in [-0.25, -0.2) is 9.37 Å². The van der Waals surface area contributed by atoms with E-state index in [1.54, 1.807) is 32.4 Å². The third kappa shape index (κ3) is 3.73. The van der Waals surface area contributed by atoms with E-state index in [9.17, 15) is 9.18 Å². The number of aromatic nitrogens is 1. The Hall–Kier alpha value is -2.87. The number of hydrogen-bond donors (Lipinski definition) is 0. The van der Waals surface area contributed by atoms with Crippen LogP contribution in [0.25, 0.3) is 10.2 Å². The highest BCUT2D eigenvalue weighted by Crippen LogP contribution is 2.32. The molecule has 0 bridgehead atoms. The van der Waals surface area contributed by atoms with Crippen LogP contribution in [0.5, 0.6) is 11.5 Å². The zero-order chi connectivity index (χ0) is 19.7. The molecule has 1 aromatic heterocycles. The maximum absolute atomic E-state index is 13.3. The van der Waals surface area contributed by atoms with Gasteiger partial charge in [-0.15, -0.1) is 0 Å². The van der Waals surface area contributed by atoms with Gasteiger partial charge in [0, 0.05) is 0 Å². The van der Waals surface area contributed by atoms with Crippen molar-refractivity contribution in [3.63, 3.8) is 0 Å². The Bertz CT molecular complexity index is 1020. The Balaban J connectivity index is 1.32. The SMILES string of the molecule is COc1ccc(CC(=O)OC2CN(c3nc4ccc(F)cc4s3)C2)cc1OC. The van der Waals surface area contributed by atoms with E-state index < -0.39 is 0 Å². The van der Waals surface area contributed by atoms with Gasteiger partial charge in [-0.05, 0) is 35.9 Å². The molecule has 0 unspecified atom stereocenters. The van der Waals surface area contributed by atoms with E-state index in [1.165, 1.54) is 23.5 Å². The van der Waals surface area contributed by atoms with E-state index in [-0.39, 0.29) is 24.3 Å². The second-order valence-electron chi connectivity index (χ2n) is 6.49. The first-order chi connectivity index (χ1) is 13.6. The van der Waals surface area contributed by atoms with Gasteiger partial charge in [-0.3, -0.25) is 4.79 Å². The first-order valence-corrected chi connectivity index (χ1v) is 9.59. The highest BCUT2D eigenvalue weighted by molar-refractivity contribution is 7.22. The number of esters is 1. The van der Waals surface area contributed by atoms with Gasteiger partial charge in [0.15, 0.2) is 16.6 Å². The molecule has 1 saturated heterocycles. The lowest BCUT2D eigenvalue weighted by Crippen LogP contribution is -2.53. The number of hydrogen-bond acceptors (Lipinski definition) is 7. The zero-order valence-corrected chi connectivity index (χ0v) is 16.3. The molecule has 1 fully saturated rings. The minimum Gasteiger partial charge on any atom is -0.493 e. The summed E-state index contributed by atoms with van der Waals surface area (Å²) in [5, 5.41) is 0.813. The largest absolute Gasteiger partial charge is 0.493 e. The van der Waals surface area contributed by atoms with Crippen LogP contribution in [0.4, 0.5) is 9.52 Å². The highest BCUT2D eigenvalue weighted by Gasteiger charge is 2.32. The van der Waals surface area contributed by atoms with Crippen LogP contribution < -0.4 is 14.4 Å². The molecular formula is C20H19FN2O4S. The topological polar surface area (TPSA) is 60.9 Å². The van der Waals surface area contributed by atoms with Crippen molar-refractivity contribution in [2.45, 2.75) is 12.5 Å². The van der Waals surface area contributed by atoms with Gasteiger partial charge in [-0.2, -0.15) is 0 Å². The predicted octanol–water partition coefficient (Wildman–Crippen LogP) is 3.43. The molecule has 4 rings (SSSR count). The molecule has 1 aliphatic heterocycles. The van der Waals surface area contributed by atoms with E-state index in [0.717, 1.165) is 20.9 Å². The lowest BCUT2D eigenvalue weighted by atomic mass is 10.1. The number of halogens is 1. The molecule has 0 aliphatic carbocycles. The number of nitrogens with zero attached hydrogens (tertiary/aromatic N) is 2. The summed E-state index contributed by atoms with van der Waals surface area (Å²) in [4.78, 5) is 18.8. The molecule has 0 N–H and O–H groups in total. The molecule has 2 aromatic carbocycles. The summed E-state index contributed by atoms with van der Waals surface area (Å²) in [5.74, 6) is 0.636. The summed E-state index contributed by atoms with van der Waals surface area (Å²) in [5.41, 5.74) is 1.57. The fourth-order valence-electron chi connectivity index (χ4n) is 3.08. The molecule has 3 aromatic rings. The van der Waals surface area contributed by atoms with E-state index in [0.29, 0.717) is 24.6 Å². The number of rotatable bonds is 6. The average molecular weight is 402 g/mol. The van der Waals surface area contributed by atoms with E-state index >= 15 is 0 Å². The number of fused-ring (bicyclic) bond motifs is 1. The summed E-state index contributed by atoms with van der Waals surface area (Å²) in [6.07, 6.45) is -0.00605. The van der Waals surface area contributed by atoms with E-state index in [4.69, 9.17) is 14.2 Å². The van der Waals surface area contributed by atoms with Gasteiger partial charge in [0.05, 0.1) is 43.9 Å². The fraction of sp³-hybridized carbons (Fsp3) is 0.300. The van der Waals surface area contributed by atoms with Crippen molar-refractivity contribution in [1.82, 2.24) is 4.98 Å². The minimum absolute atomic E-state index is 0.164. The van der Waals surface area contributed by atoms with Crippen LogP contribution in [0.3, 0.4) is 0 Å². The zero-order valence-electron chi connectivity index (χ0n) is 15.5. The van der Waals surface area contributed by atoms with Crippen LogP contribution in [0.15, 0.2) is 36.4 Å². The second kappa shape index (κ2) is 7.63. The van der Waals surface area contributed by atoms with Crippen molar-refractivity contribution in [2.24, 2.45) is 0 Å². The number of carbonyl (C=O) groups is 1. The molecule has 0 saturated carbocycles. The van der Waals surface area contributed by atoms with Crippen LogP contribution in [-0.2, 0) is 16.0 Å². The second-order valence-corrected chi connectivity index (χ2v) is 7.50. The quantitative estimate of drug-likeness (QED) is 0.589. The Morgan fingerprint density at radius 2 is 1.96 bits per heavy atom. The number of ether oxygens (including phenoxy) is 3. The van der Waals surface area contributed by atoms with Crippen molar-refractivity contribution in [1.29, 1.82) is 0 Å². The van der Waals surface area contributed by atoms with Gasteiger partial charge < -0.3 is 19.1 Å². The van der Waals surface area contributed by atoms with Gasteiger partial charge >= 0.3 is 5.97 Å². The Kier molecular flexibility index (Phi) is 5.04. The summed E-state index contributed by atoms with van der Waals surface area (Å²) in [6.45, 7) is 1.17. The van der Waals surface area contributed by atoms with Crippen LogP contribution in [0.1, 0.15) is 5.56 Å². The third-order valence-electron chi connectivity index (χ3n) is 4.55. The molecule has 0 atom stereocenters. The number of anilines is 1. The fourth-order valence-corrected chi connectivity index (χ4v) is 4.08. The smallest absolute Gasteiger partial charge is 0.310 e. The lowest BCUT2D eigenvalue weighted by Gasteiger charge is -2.38. The molecule has 0 spiro atoms. The van der Waals surface area contributed by atoms with Crippen LogP contribution >= 0.6 is 11.3 Å². The number of benzene rings is 2. The van der Waals surface area contributed by atoms with E-state index in [1.807, 2.05) is 11.0 Å². The molecule has 8 heteroatoms. The van der Waals surface area contributed by atoms with Crippen LogP contribution in [0, 0.1) is 5.82 Å². The number of methoxy groups -OCH3 is 2. The normalized spacial score (nSPS) is 14.0. The summed E-state index contributed by atoms with van der Waals surface area (Å²) >= 11 is 1.44. The lowest BCUT2D eigenvalue weighted by molar-refractivity contribution is -0.149.